The summed E-state index contributed by atoms with van der Waals surface area (Å²) in [6.45, 7) is 3.39. The molecule has 0 amide bonds. The molecule has 2 aromatic rings. The third kappa shape index (κ3) is 3.42. The molecule has 0 aliphatic rings. The molecule has 1 N–H and O–H groups in total. The van der Waals surface area contributed by atoms with Crippen LogP contribution in [0.1, 0.15) is 27.0 Å². The van der Waals surface area contributed by atoms with Gasteiger partial charge in [0.2, 0.25) is 0 Å². The Labute approximate surface area is 118 Å². The SMILES string of the molecule is COC(=O)c1ccccc1CNCc1ccncc1C. The molecule has 1 aromatic heterocycles. The number of methoxy groups -OCH3 is 1. The van der Waals surface area contributed by atoms with Gasteiger partial charge < -0.3 is 10.1 Å². The number of nitrogens with zero attached hydrogens (tertiary/aromatic N) is 1. The van der Waals surface area contributed by atoms with Crippen LogP contribution in [0, 0.1) is 6.92 Å². The van der Waals surface area contributed by atoms with Gasteiger partial charge in [-0.3, -0.25) is 4.98 Å². The zero-order chi connectivity index (χ0) is 14.4. The maximum Gasteiger partial charge on any atom is 0.338 e. The molecule has 1 heterocycles. The second-order valence-corrected chi connectivity index (χ2v) is 4.55. The van der Waals surface area contributed by atoms with Crippen molar-refractivity contribution in [1.82, 2.24) is 10.3 Å². The van der Waals surface area contributed by atoms with Crippen LogP contribution in [0.3, 0.4) is 0 Å². The molecule has 0 radical (unpaired) electrons. The van der Waals surface area contributed by atoms with E-state index in [1.807, 2.05) is 37.4 Å². The normalized spacial score (nSPS) is 10.3. The van der Waals surface area contributed by atoms with Gasteiger partial charge in [0.05, 0.1) is 12.7 Å². The van der Waals surface area contributed by atoms with Crippen molar-refractivity contribution in [3.63, 3.8) is 0 Å². The maximum absolute atomic E-state index is 11.7. The highest BCUT2D eigenvalue weighted by Crippen LogP contribution is 2.11. The van der Waals surface area contributed by atoms with Gasteiger partial charge in [-0.05, 0) is 35.7 Å². The van der Waals surface area contributed by atoms with Gasteiger partial charge in [0.25, 0.3) is 0 Å². The summed E-state index contributed by atoms with van der Waals surface area (Å²) in [7, 11) is 1.40. The molecule has 4 heteroatoms. The van der Waals surface area contributed by atoms with E-state index in [2.05, 4.69) is 10.3 Å². The predicted molar refractivity (Wildman–Crippen MR) is 77.3 cm³/mol. The molecule has 0 fully saturated rings. The van der Waals surface area contributed by atoms with Gasteiger partial charge >= 0.3 is 5.97 Å². The minimum atomic E-state index is -0.303. The van der Waals surface area contributed by atoms with Gasteiger partial charge in [0, 0.05) is 25.5 Å². The average Bonchev–Trinajstić information content (AvgIpc) is 2.49. The van der Waals surface area contributed by atoms with E-state index in [1.165, 1.54) is 12.7 Å². The van der Waals surface area contributed by atoms with Gasteiger partial charge in [-0.2, -0.15) is 0 Å². The van der Waals surface area contributed by atoms with E-state index in [0.29, 0.717) is 12.1 Å². The molecule has 0 atom stereocenters. The first-order valence-electron chi connectivity index (χ1n) is 6.49. The van der Waals surface area contributed by atoms with Crippen molar-refractivity contribution in [1.29, 1.82) is 0 Å². The number of hydrogen-bond donors (Lipinski definition) is 1. The lowest BCUT2D eigenvalue weighted by atomic mass is 10.1. The van der Waals surface area contributed by atoms with Crippen LogP contribution in [0.25, 0.3) is 0 Å². The number of esters is 1. The summed E-state index contributed by atoms with van der Waals surface area (Å²) in [6, 6.07) is 9.46. The van der Waals surface area contributed by atoms with Gasteiger partial charge in [-0.25, -0.2) is 4.79 Å². The molecule has 20 heavy (non-hydrogen) atoms. The fourth-order valence-electron chi connectivity index (χ4n) is 2.02. The predicted octanol–water partition coefficient (Wildman–Crippen LogP) is 2.47. The first kappa shape index (κ1) is 14.2. The van der Waals surface area contributed by atoms with Crippen LogP contribution in [-0.2, 0) is 17.8 Å². The quantitative estimate of drug-likeness (QED) is 0.848. The molecule has 0 spiro atoms. The lowest BCUT2D eigenvalue weighted by molar-refractivity contribution is 0.0599. The van der Waals surface area contributed by atoms with E-state index < -0.39 is 0 Å². The van der Waals surface area contributed by atoms with Gasteiger partial charge in [-0.1, -0.05) is 18.2 Å². The summed E-state index contributed by atoms with van der Waals surface area (Å²) in [5.74, 6) is -0.303. The molecular weight excluding hydrogens is 252 g/mol. The van der Waals surface area contributed by atoms with Crippen LogP contribution >= 0.6 is 0 Å². The minimum absolute atomic E-state index is 0.303. The van der Waals surface area contributed by atoms with E-state index in [9.17, 15) is 4.79 Å². The summed E-state index contributed by atoms with van der Waals surface area (Å²) < 4.78 is 4.79. The number of pyridine rings is 1. The monoisotopic (exact) mass is 270 g/mol. The molecular formula is C16H18N2O2. The first-order valence-corrected chi connectivity index (χ1v) is 6.49. The Bertz CT molecular complexity index is 597. The maximum atomic E-state index is 11.7. The number of nitrogens with one attached hydrogen (secondary N) is 1. The minimum Gasteiger partial charge on any atom is -0.465 e. The van der Waals surface area contributed by atoms with E-state index in [4.69, 9.17) is 4.74 Å². The number of rotatable bonds is 5. The standard InChI is InChI=1S/C16H18N2O2/c1-12-9-17-8-7-13(12)10-18-11-14-5-3-4-6-15(14)16(19)20-2/h3-9,18H,10-11H2,1-2H3. The Morgan fingerprint density at radius 1 is 1.20 bits per heavy atom. The molecule has 4 nitrogen and oxygen atoms in total. The van der Waals surface area contributed by atoms with Crippen LogP contribution in [0.4, 0.5) is 0 Å². The van der Waals surface area contributed by atoms with Crippen molar-refractivity contribution >= 4 is 5.97 Å². The van der Waals surface area contributed by atoms with Gasteiger partial charge in [0.15, 0.2) is 0 Å². The molecule has 0 unspecified atom stereocenters. The third-order valence-electron chi connectivity index (χ3n) is 3.19. The Balaban J connectivity index is 2.01. The molecule has 1 aromatic carbocycles. The highest BCUT2D eigenvalue weighted by Gasteiger charge is 2.10. The zero-order valence-electron chi connectivity index (χ0n) is 11.7. The van der Waals surface area contributed by atoms with Crippen LogP contribution in [0.5, 0.6) is 0 Å². The van der Waals surface area contributed by atoms with E-state index in [-0.39, 0.29) is 5.97 Å². The van der Waals surface area contributed by atoms with Crippen molar-refractivity contribution < 1.29 is 9.53 Å². The lowest BCUT2D eigenvalue weighted by Gasteiger charge is -2.10. The number of ether oxygens (including phenoxy) is 1. The number of carbonyl (C=O) groups excluding carboxylic acids is 1. The lowest BCUT2D eigenvalue weighted by Crippen LogP contribution is -2.16. The van der Waals surface area contributed by atoms with Crippen molar-refractivity contribution in [3.05, 3.63) is 65.0 Å². The Hall–Kier alpha value is -2.20. The summed E-state index contributed by atoms with van der Waals surface area (Å²) >= 11 is 0. The van der Waals surface area contributed by atoms with E-state index in [1.54, 1.807) is 12.3 Å². The fourth-order valence-corrected chi connectivity index (χ4v) is 2.02. The molecule has 0 saturated heterocycles. The van der Waals surface area contributed by atoms with Crippen LogP contribution in [0.15, 0.2) is 42.7 Å². The summed E-state index contributed by atoms with van der Waals surface area (Å²) in [5, 5.41) is 3.34. The van der Waals surface area contributed by atoms with E-state index >= 15 is 0 Å². The average molecular weight is 270 g/mol. The zero-order valence-corrected chi connectivity index (χ0v) is 11.7. The second kappa shape index (κ2) is 6.82. The number of hydrogen-bond acceptors (Lipinski definition) is 4. The van der Waals surface area contributed by atoms with E-state index in [0.717, 1.165) is 17.7 Å². The van der Waals surface area contributed by atoms with Crippen LogP contribution < -0.4 is 5.32 Å². The topological polar surface area (TPSA) is 51.2 Å². The third-order valence-corrected chi connectivity index (χ3v) is 3.19. The highest BCUT2D eigenvalue weighted by atomic mass is 16.5. The summed E-state index contributed by atoms with van der Waals surface area (Å²) in [5.41, 5.74) is 3.90. The molecule has 104 valence electrons. The van der Waals surface area contributed by atoms with Crippen molar-refractivity contribution in [2.45, 2.75) is 20.0 Å². The second-order valence-electron chi connectivity index (χ2n) is 4.55. The summed E-state index contributed by atoms with van der Waals surface area (Å²) in [6.07, 6.45) is 3.63. The molecule has 0 bridgehead atoms. The largest absolute Gasteiger partial charge is 0.465 e. The van der Waals surface area contributed by atoms with Crippen molar-refractivity contribution in [2.24, 2.45) is 0 Å². The highest BCUT2D eigenvalue weighted by molar-refractivity contribution is 5.90. The molecule has 0 aliphatic heterocycles. The van der Waals surface area contributed by atoms with Crippen molar-refractivity contribution in [3.8, 4) is 0 Å². The number of carbonyl (C=O) groups is 1. The first-order chi connectivity index (χ1) is 9.72. The Kier molecular flexibility index (Phi) is 4.85. The fraction of sp³-hybridized carbons (Fsp3) is 0.250. The van der Waals surface area contributed by atoms with Crippen molar-refractivity contribution in [2.75, 3.05) is 7.11 Å². The Morgan fingerprint density at radius 2 is 1.95 bits per heavy atom. The molecule has 0 aliphatic carbocycles. The molecule has 0 saturated carbocycles. The smallest absolute Gasteiger partial charge is 0.338 e. The number of benzene rings is 1. The van der Waals surface area contributed by atoms with Crippen LogP contribution in [0.2, 0.25) is 0 Å². The van der Waals surface area contributed by atoms with Gasteiger partial charge in [-0.15, -0.1) is 0 Å². The van der Waals surface area contributed by atoms with Crippen LogP contribution in [-0.4, -0.2) is 18.1 Å². The number of aryl methyl sites for hydroxylation is 1. The van der Waals surface area contributed by atoms with Gasteiger partial charge in [0.1, 0.15) is 0 Å². The Morgan fingerprint density at radius 3 is 2.70 bits per heavy atom. The molecule has 2 rings (SSSR count). The number of aromatic nitrogens is 1. The summed E-state index contributed by atoms with van der Waals surface area (Å²) in [4.78, 5) is 15.7.